The fourth-order valence-corrected chi connectivity index (χ4v) is 1.26. The Bertz CT molecular complexity index is 420. The summed E-state index contributed by atoms with van der Waals surface area (Å²) >= 11 is 0. The third kappa shape index (κ3) is 4.32. The van der Waals surface area contributed by atoms with Crippen LogP contribution in [0.25, 0.3) is 0 Å². The van der Waals surface area contributed by atoms with Crippen LogP contribution in [0.4, 0.5) is 4.79 Å². The number of phenols is 1. The summed E-state index contributed by atoms with van der Waals surface area (Å²) in [4.78, 5) is 22.5. The van der Waals surface area contributed by atoms with Crippen LogP contribution in [0.15, 0.2) is 24.3 Å². The zero-order chi connectivity index (χ0) is 13.4. The number of phenolic OH excluding ortho intramolecular Hbond substituents is 1. The van der Waals surface area contributed by atoms with Gasteiger partial charge in [0.1, 0.15) is 12.4 Å². The molecule has 0 fully saturated rings. The number of ether oxygens (including phenoxy) is 1. The third-order valence-corrected chi connectivity index (χ3v) is 2.09. The average molecular weight is 252 g/mol. The first-order valence-electron chi connectivity index (χ1n) is 5.62. The number of alkyl carbamates (subject to hydrolysis) is 1. The van der Waals surface area contributed by atoms with Gasteiger partial charge in [0, 0.05) is 6.54 Å². The van der Waals surface area contributed by atoms with Crippen LogP contribution in [0.5, 0.6) is 5.75 Å². The molecule has 0 atom stereocenters. The summed E-state index contributed by atoms with van der Waals surface area (Å²) in [7, 11) is 0. The van der Waals surface area contributed by atoms with Gasteiger partial charge in [-0.15, -0.1) is 0 Å². The van der Waals surface area contributed by atoms with E-state index in [-0.39, 0.29) is 24.5 Å². The average Bonchev–Trinajstić information content (AvgIpc) is 2.35. The van der Waals surface area contributed by atoms with Crippen LogP contribution in [0.1, 0.15) is 17.3 Å². The van der Waals surface area contributed by atoms with Gasteiger partial charge < -0.3 is 20.5 Å². The minimum atomic E-state index is -0.519. The summed E-state index contributed by atoms with van der Waals surface area (Å²) in [6.07, 6.45) is -0.519. The summed E-state index contributed by atoms with van der Waals surface area (Å²) in [6.45, 7) is 2.53. The Hall–Kier alpha value is -2.24. The molecule has 0 saturated heterocycles. The van der Waals surface area contributed by atoms with E-state index < -0.39 is 12.0 Å². The van der Waals surface area contributed by atoms with E-state index in [2.05, 4.69) is 10.6 Å². The smallest absolute Gasteiger partial charge is 0.407 e. The predicted molar refractivity (Wildman–Crippen MR) is 65.5 cm³/mol. The molecule has 2 amide bonds. The molecule has 3 N–H and O–H groups in total. The van der Waals surface area contributed by atoms with Gasteiger partial charge >= 0.3 is 6.09 Å². The van der Waals surface area contributed by atoms with E-state index in [4.69, 9.17) is 4.74 Å². The van der Waals surface area contributed by atoms with Crippen molar-refractivity contribution in [1.29, 1.82) is 0 Å². The molecule has 6 heteroatoms. The molecule has 0 aliphatic carbocycles. The molecule has 0 saturated carbocycles. The van der Waals surface area contributed by atoms with Crippen molar-refractivity contribution in [3.63, 3.8) is 0 Å². The van der Waals surface area contributed by atoms with E-state index in [9.17, 15) is 14.7 Å². The molecule has 1 aromatic carbocycles. The predicted octanol–water partition coefficient (Wildman–Crippen LogP) is 0.868. The monoisotopic (exact) mass is 252 g/mol. The van der Waals surface area contributed by atoms with Gasteiger partial charge in [0.15, 0.2) is 0 Å². The Balaban J connectivity index is 2.30. The Labute approximate surface area is 105 Å². The highest BCUT2D eigenvalue weighted by atomic mass is 16.5. The van der Waals surface area contributed by atoms with E-state index in [1.54, 1.807) is 19.1 Å². The van der Waals surface area contributed by atoms with Gasteiger partial charge in [0.05, 0.1) is 12.1 Å². The SMILES string of the molecule is CCNC(=O)OCCNC(=O)c1ccccc1O. The van der Waals surface area contributed by atoms with Crippen LogP contribution in [-0.4, -0.2) is 36.8 Å². The minimum Gasteiger partial charge on any atom is -0.507 e. The number of benzene rings is 1. The number of rotatable bonds is 5. The van der Waals surface area contributed by atoms with Crippen molar-refractivity contribution in [2.24, 2.45) is 0 Å². The molecule has 1 rings (SSSR count). The lowest BCUT2D eigenvalue weighted by Crippen LogP contribution is -2.30. The van der Waals surface area contributed by atoms with Crippen molar-refractivity contribution in [3.8, 4) is 5.75 Å². The Morgan fingerprint density at radius 2 is 2.00 bits per heavy atom. The number of carbonyl (C=O) groups is 2. The van der Waals surface area contributed by atoms with Crippen LogP contribution < -0.4 is 10.6 Å². The maximum absolute atomic E-state index is 11.6. The molecule has 0 aliphatic heterocycles. The highest BCUT2D eigenvalue weighted by Gasteiger charge is 2.09. The highest BCUT2D eigenvalue weighted by molar-refractivity contribution is 5.96. The van der Waals surface area contributed by atoms with Crippen molar-refractivity contribution in [3.05, 3.63) is 29.8 Å². The van der Waals surface area contributed by atoms with Crippen LogP contribution in [0.2, 0.25) is 0 Å². The van der Waals surface area contributed by atoms with Crippen molar-refractivity contribution in [2.45, 2.75) is 6.92 Å². The first-order valence-corrected chi connectivity index (χ1v) is 5.62. The molecule has 98 valence electrons. The summed E-state index contributed by atoms with van der Waals surface area (Å²) in [5.41, 5.74) is 0.190. The number of hydrogen-bond acceptors (Lipinski definition) is 4. The lowest BCUT2D eigenvalue weighted by atomic mass is 10.2. The molecule has 0 aromatic heterocycles. The second-order valence-corrected chi connectivity index (χ2v) is 3.44. The summed E-state index contributed by atoms with van der Waals surface area (Å²) < 4.78 is 4.77. The number of amides is 2. The third-order valence-electron chi connectivity index (χ3n) is 2.09. The summed E-state index contributed by atoms with van der Waals surface area (Å²) in [5, 5.41) is 14.4. The zero-order valence-electron chi connectivity index (χ0n) is 10.1. The van der Waals surface area contributed by atoms with Gasteiger partial charge in [-0.2, -0.15) is 0 Å². The molecule has 18 heavy (non-hydrogen) atoms. The van der Waals surface area contributed by atoms with E-state index >= 15 is 0 Å². The fraction of sp³-hybridized carbons (Fsp3) is 0.333. The normalized spacial score (nSPS) is 9.61. The van der Waals surface area contributed by atoms with E-state index in [0.717, 1.165) is 0 Å². The van der Waals surface area contributed by atoms with Gasteiger partial charge in [0.2, 0.25) is 0 Å². The lowest BCUT2D eigenvalue weighted by Gasteiger charge is -2.07. The quantitative estimate of drug-likeness (QED) is 0.678. The number of nitrogens with one attached hydrogen (secondary N) is 2. The van der Waals surface area contributed by atoms with Gasteiger partial charge in [-0.3, -0.25) is 4.79 Å². The van der Waals surface area contributed by atoms with Gasteiger partial charge in [-0.05, 0) is 19.1 Å². The molecule has 0 unspecified atom stereocenters. The number of carbonyl (C=O) groups excluding carboxylic acids is 2. The van der Waals surface area contributed by atoms with Gasteiger partial charge in [-0.25, -0.2) is 4.79 Å². The van der Waals surface area contributed by atoms with E-state index in [0.29, 0.717) is 6.54 Å². The van der Waals surface area contributed by atoms with Crippen molar-refractivity contribution < 1.29 is 19.4 Å². The van der Waals surface area contributed by atoms with E-state index in [1.165, 1.54) is 12.1 Å². The van der Waals surface area contributed by atoms with Crippen LogP contribution in [0.3, 0.4) is 0 Å². The highest BCUT2D eigenvalue weighted by Crippen LogP contribution is 2.14. The van der Waals surface area contributed by atoms with Crippen molar-refractivity contribution in [1.82, 2.24) is 10.6 Å². The number of para-hydroxylation sites is 1. The van der Waals surface area contributed by atoms with Crippen LogP contribution in [0, 0.1) is 0 Å². The van der Waals surface area contributed by atoms with Crippen LogP contribution in [-0.2, 0) is 4.74 Å². The molecular weight excluding hydrogens is 236 g/mol. The number of hydrogen-bond donors (Lipinski definition) is 3. The maximum atomic E-state index is 11.6. The second-order valence-electron chi connectivity index (χ2n) is 3.44. The Morgan fingerprint density at radius 1 is 1.28 bits per heavy atom. The molecular formula is C12H16N2O4. The van der Waals surface area contributed by atoms with Crippen molar-refractivity contribution >= 4 is 12.0 Å². The topological polar surface area (TPSA) is 87.7 Å². The largest absolute Gasteiger partial charge is 0.507 e. The zero-order valence-corrected chi connectivity index (χ0v) is 10.1. The molecule has 0 heterocycles. The minimum absolute atomic E-state index is 0.0746. The molecule has 6 nitrogen and oxygen atoms in total. The lowest BCUT2D eigenvalue weighted by molar-refractivity contribution is 0.0931. The molecule has 0 aliphatic rings. The number of aromatic hydroxyl groups is 1. The summed E-state index contributed by atoms with van der Waals surface area (Å²) in [6, 6.07) is 6.22. The Kier molecular flexibility index (Phi) is 5.50. The fourth-order valence-electron chi connectivity index (χ4n) is 1.26. The molecule has 0 spiro atoms. The van der Waals surface area contributed by atoms with Crippen LogP contribution >= 0.6 is 0 Å². The van der Waals surface area contributed by atoms with Gasteiger partial charge in [0.25, 0.3) is 5.91 Å². The standard InChI is InChI=1S/C12H16N2O4/c1-2-13-12(17)18-8-7-14-11(16)9-5-3-4-6-10(9)15/h3-6,15H,2,7-8H2,1H3,(H,13,17)(H,14,16). The first-order chi connectivity index (χ1) is 8.65. The van der Waals surface area contributed by atoms with Gasteiger partial charge in [-0.1, -0.05) is 12.1 Å². The summed E-state index contributed by atoms with van der Waals surface area (Å²) in [5.74, 6) is -0.493. The van der Waals surface area contributed by atoms with Crippen molar-refractivity contribution in [2.75, 3.05) is 19.7 Å². The first kappa shape index (κ1) is 13.8. The molecule has 1 aromatic rings. The second kappa shape index (κ2) is 7.16. The molecule has 0 radical (unpaired) electrons. The molecule has 0 bridgehead atoms. The van der Waals surface area contributed by atoms with E-state index in [1.807, 2.05) is 0 Å². The maximum Gasteiger partial charge on any atom is 0.407 e. The Morgan fingerprint density at radius 3 is 2.67 bits per heavy atom.